The number of nitro benzene ring substituents is 1. The number of hydrogen-bond donors (Lipinski definition) is 2. The lowest BCUT2D eigenvalue weighted by Gasteiger charge is -2.23. The van der Waals surface area contributed by atoms with E-state index in [0.717, 1.165) is 22.2 Å². The fourth-order valence-electron chi connectivity index (χ4n) is 3.97. The predicted octanol–water partition coefficient (Wildman–Crippen LogP) is 5.36. The van der Waals surface area contributed by atoms with Crippen LogP contribution < -0.4 is 5.32 Å². The standard InChI is InChI=1S/C27H25IN4O6/c28-15-23(38-26(33)19-8-10-22(11-9-19)32(35)36)14-21(13-20-16-30-25-24(20)7-4-12-29-25)31-27(34)37-17-18-5-2-1-3-6-18/h1-12,16,21,23H,13-15,17H2,(H,29,30)(H,31,34)/t21-,23?/m1/s1. The molecule has 2 atom stereocenters. The van der Waals surface area contributed by atoms with Crippen LogP contribution in [0.2, 0.25) is 0 Å². The summed E-state index contributed by atoms with van der Waals surface area (Å²) in [6, 6.07) is 18.0. The van der Waals surface area contributed by atoms with Gasteiger partial charge in [0.2, 0.25) is 0 Å². The molecule has 4 aromatic rings. The second-order valence-corrected chi connectivity index (χ2v) is 9.42. The first kappa shape index (κ1) is 27.0. The Morgan fingerprint density at radius 1 is 1.08 bits per heavy atom. The summed E-state index contributed by atoms with van der Waals surface area (Å²) < 4.78 is 11.6. The van der Waals surface area contributed by atoms with Gasteiger partial charge < -0.3 is 19.8 Å². The van der Waals surface area contributed by atoms with Gasteiger partial charge in [-0.25, -0.2) is 14.6 Å². The van der Waals surface area contributed by atoms with E-state index >= 15 is 0 Å². The Kier molecular flexibility index (Phi) is 9.25. The van der Waals surface area contributed by atoms with Gasteiger partial charge in [-0.3, -0.25) is 10.1 Å². The summed E-state index contributed by atoms with van der Waals surface area (Å²) in [6.45, 7) is 0.126. The molecule has 196 valence electrons. The first-order valence-electron chi connectivity index (χ1n) is 11.8. The van der Waals surface area contributed by atoms with Gasteiger partial charge in [-0.05, 0) is 41.8 Å². The topological polar surface area (TPSA) is 136 Å². The molecule has 11 heteroatoms. The van der Waals surface area contributed by atoms with Crippen LogP contribution in [0.5, 0.6) is 0 Å². The summed E-state index contributed by atoms with van der Waals surface area (Å²) in [6.07, 6.45) is 3.22. The van der Waals surface area contributed by atoms with Crippen LogP contribution in [0.1, 0.15) is 27.9 Å². The maximum atomic E-state index is 12.7. The van der Waals surface area contributed by atoms with Gasteiger partial charge in [0, 0.05) is 46.8 Å². The van der Waals surface area contributed by atoms with E-state index in [9.17, 15) is 19.7 Å². The summed E-state index contributed by atoms with van der Waals surface area (Å²) in [5, 5.41) is 14.8. The molecule has 1 unspecified atom stereocenters. The van der Waals surface area contributed by atoms with Crippen molar-refractivity contribution in [1.29, 1.82) is 0 Å². The number of nitro groups is 1. The van der Waals surface area contributed by atoms with E-state index in [4.69, 9.17) is 9.47 Å². The van der Waals surface area contributed by atoms with Crippen molar-refractivity contribution < 1.29 is 24.0 Å². The number of pyridine rings is 1. The van der Waals surface area contributed by atoms with Crippen LogP contribution in [-0.4, -0.2) is 43.5 Å². The second kappa shape index (κ2) is 13.0. The molecule has 2 aromatic carbocycles. The Hall–Kier alpha value is -4.00. The van der Waals surface area contributed by atoms with Crippen molar-refractivity contribution in [3.05, 3.63) is 106 Å². The first-order valence-corrected chi connectivity index (χ1v) is 13.3. The van der Waals surface area contributed by atoms with Crippen LogP contribution >= 0.6 is 22.6 Å². The van der Waals surface area contributed by atoms with Gasteiger partial charge in [0.25, 0.3) is 5.69 Å². The number of esters is 1. The number of alkyl halides is 1. The highest BCUT2D eigenvalue weighted by molar-refractivity contribution is 14.1. The highest BCUT2D eigenvalue weighted by Crippen LogP contribution is 2.21. The van der Waals surface area contributed by atoms with Crippen molar-refractivity contribution in [2.45, 2.75) is 31.6 Å². The Bertz CT molecular complexity index is 1390. The van der Waals surface area contributed by atoms with Gasteiger partial charge in [0.15, 0.2) is 0 Å². The summed E-state index contributed by atoms with van der Waals surface area (Å²) in [5.74, 6) is -0.594. The third-order valence-corrected chi connectivity index (χ3v) is 6.83. The van der Waals surface area contributed by atoms with E-state index in [0.29, 0.717) is 17.3 Å². The van der Waals surface area contributed by atoms with Crippen molar-refractivity contribution in [3.8, 4) is 0 Å². The number of aromatic amines is 1. The number of hydrogen-bond acceptors (Lipinski definition) is 7. The minimum absolute atomic E-state index is 0.113. The number of benzene rings is 2. The van der Waals surface area contributed by atoms with Gasteiger partial charge in [-0.1, -0.05) is 52.9 Å². The molecule has 0 fully saturated rings. The molecule has 4 rings (SSSR count). The molecule has 2 aromatic heterocycles. The third-order valence-electron chi connectivity index (χ3n) is 5.84. The molecule has 38 heavy (non-hydrogen) atoms. The van der Waals surface area contributed by atoms with Crippen molar-refractivity contribution in [2.75, 3.05) is 4.43 Å². The van der Waals surface area contributed by atoms with E-state index in [2.05, 4.69) is 37.9 Å². The number of rotatable bonds is 11. The fraction of sp³-hybridized carbons (Fsp3) is 0.222. The van der Waals surface area contributed by atoms with Crippen LogP contribution in [0.15, 0.2) is 79.1 Å². The molecule has 0 aliphatic heterocycles. The van der Waals surface area contributed by atoms with E-state index in [1.165, 1.54) is 24.3 Å². The van der Waals surface area contributed by atoms with E-state index in [1.54, 1.807) is 6.20 Å². The molecule has 0 radical (unpaired) electrons. The SMILES string of the molecule is O=C(N[C@H](Cc1c[nH]c2ncccc12)CC(CI)OC(=O)c1ccc([N+](=O)[O-])cc1)OCc1ccccc1. The van der Waals surface area contributed by atoms with Crippen LogP contribution in [0.3, 0.4) is 0 Å². The zero-order chi connectivity index (χ0) is 26.9. The summed E-state index contributed by atoms with van der Waals surface area (Å²) in [5.41, 5.74) is 2.65. The van der Waals surface area contributed by atoms with E-state index in [-0.39, 0.29) is 17.9 Å². The molecule has 2 N–H and O–H groups in total. The number of ether oxygens (including phenoxy) is 2. The number of H-pyrrole nitrogens is 1. The highest BCUT2D eigenvalue weighted by atomic mass is 127. The largest absolute Gasteiger partial charge is 0.458 e. The average molecular weight is 628 g/mol. The van der Waals surface area contributed by atoms with Crippen LogP contribution in [0.4, 0.5) is 10.5 Å². The number of non-ortho nitro benzene ring substituents is 1. The van der Waals surface area contributed by atoms with Crippen molar-refractivity contribution in [1.82, 2.24) is 15.3 Å². The molecular formula is C27H25IN4O6. The number of carbonyl (C=O) groups is 2. The molecular weight excluding hydrogens is 603 g/mol. The van der Waals surface area contributed by atoms with Gasteiger partial charge >= 0.3 is 12.1 Å². The molecule has 2 heterocycles. The molecule has 0 spiro atoms. The molecule has 0 bridgehead atoms. The van der Waals surface area contributed by atoms with Crippen molar-refractivity contribution in [3.63, 3.8) is 0 Å². The van der Waals surface area contributed by atoms with Crippen LogP contribution in [-0.2, 0) is 22.5 Å². The number of halogens is 1. The van der Waals surface area contributed by atoms with Gasteiger partial charge in [0.1, 0.15) is 18.4 Å². The maximum absolute atomic E-state index is 12.7. The fourth-order valence-corrected chi connectivity index (χ4v) is 4.51. The lowest BCUT2D eigenvalue weighted by molar-refractivity contribution is -0.384. The van der Waals surface area contributed by atoms with E-state index < -0.39 is 29.1 Å². The highest BCUT2D eigenvalue weighted by Gasteiger charge is 2.24. The van der Waals surface area contributed by atoms with Gasteiger partial charge in [-0.15, -0.1) is 0 Å². The molecule has 0 aliphatic rings. The first-order chi connectivity index (χ1) is 18.4. The van der Waals surface area contributed by atoms with Crippen LogP contribution in [0, 0.1) is 10.1 Å². The van der Waals surface area contributed by atoms with Gasteiger partial charge in [0.05, 0.1) is 10.5 Å². The number of nitrogens with zero attached hydrogens (tertiary/aromatic N) is 2. The van der Waals surface area contributed by atoms with Gasteiger partial charge in [-0.2, -0.15) is 0 Å². The molecule has 0 aliphatic carbocycles. The number of alkyl carbamates (subject to hydrolysis) is 1. The second-order valence-electron chi connectivity index (χ2n) is 8.54. The Morgan fingerprint density at radius 3 is 2.55 bits per heavy atom. The number of amides is 1. The summed E-state index contributed by atoms with van der Waals surface area (Å²) in [4.78, 5) is 43.2. The van der Waals surface area contributed by atoms with Crippen LogP contribution in [0.25, 0.3) is 11.0 Å². The third kappa shape index (κ3) is 7.28. The maximum Gasteiger partial charge on any atom is 0.407 e. The lowest BCUT2D eigenvalue weighted by Crippen LogP contribution is -2.40. The number of carbonyl (C=O) groups excluding carboxylic acids is 2. The molecule has 10 nitrogen and oxygen atoms in total. The normalized spacial score (nSPS) is 12.4. The number of aromatic nitrogens is 2. The summed E-state index contributed by atoms with van der Waals surface area (Å²) >= 11 is 2.12. The number of fused-ring (bicyclic) bond motifs is 1. The van der Waals surface area contributed by atoms with Crippen molar-refractivity contribution >= 4 is 51.4 Å². The monoisotopic (exact) mass is 628 g/mol. The minimum Gasteiger partial charge on any atom is -0.458 e. The minimum atomic E-state index is -0.594. The van der Waals surface area contributed by atoms with E-state index in [1.807, 2.05) is 48.7 Å². The molecule has 1 amide bonds. The molecule has 0 saturated heterocycles. The lowest BCUT2D eigenvalue weighted by atomic mass is 10.0. The summed E-state index contributed by atoms with van der Waals surface area (Å²) in [7, 11) is 0. The Morgan fingerprint density at radius 2 is 1.84 bits per heavy atom. The number of nitrogens with one attached hydrogen (secondary N) is 2. The zero-order valence-electron chi connectivity index (χ0n) is 20.2. The Labute approximate surface area is 232 Å². The quantitative estimate of drug-likeness (QED) is 0.0751. The predicted molar refractivity (Wildman–Crippen MR) is 149 cm³/mol. The molecule has 0 saturated carbocycles. The smallest absolute Gasteiger partial charge is 0.407 e. The Balaban J connectivity index is 1.45. The van der Waals surface area contributed by atoms with Crippen molar-refractivity contribution in [2.24, 2.45) is 0 Å². The average Bonchev–Trinajstić information content (AvgIpc) is 3.34. The zero-order valence-corrected chi connectivity index (χ0v) is 22.4.